The van der Waals surface area contributed by atoms with E-state index in [-0.39, 0.29) is 17.2 Å². The molecule has 0 spiro atoms. The summed E-state index contributed by atoms with van der Waals surface area (Å²) >= 11 is 3.18. The summed E-state index contributed by atoms with van der Waals surface area (Å²) in [4.78, 5) is 35.2. The zero-order valence-electron chi connectivity index (χ0n) is 14.8. The van der Waals surface area contributed by atoms with Crippen LogP contribution < -0.4 is 10.6 Å². The lowest BCUT2D eigenvalue weighted by molar-refractivity contribution is -0.384. The second-order valence-electron chi connectivity index (χ2n) is 5.79. The van der Waals surface area contributed by atoms with Gasteiger partial charge in [-0.15, -0.1) is 0 Å². The van der Waals surface area contributed by atoms with E-state index in [1.165, 1.54) is 24.3 Å². The summed E-state index contributed by atoms with van der Waals surface area (Å²) in [6, 6.07) is 6.78. The highest BCUT2D eigenvalue weighted by Crippen LogP contribution is 2.13. The Bertz CT molecular complexity index is 781. The average Bonchev–Trinajstić information content (AvgIpc) is 3.18. The number of thiophene rings is 1. The van der Waals surface area contributed by atoms with Crippen molar-refractivity contribution in [2.75, 3.05) is 18.6 Å². The maximum atomic E-state index is 12.5. The molecule has 0 fully saturated rings. The molecule has 2 rings (SSSR count). The normalized spacial score (nSPS) is 11.6. The number of rotatable bonds is 10. The van der Waals surface area contributed by atoms with E-state index in [1.54, 1.807) is 23.1 Å². The van der Waals surface area contributed by atoms with Crippen LogP contribution in [0.2, 0.25) is 0 Å². The second-order valence-corrected chi connectivity index (χ2v) is 7.55. The van der Waals surface area contributed by atoms with Gasteiger partial charge < -0.3 is 10.6 Å². The van der Waals surface area contributed by atoms with Gasteiger partial charge in [0.2, 0.25) is 5.91 Å². The third kappa shape index (κ3) is 6.69. The number of amides is 2. The van der Waals surface area contributed by atoms with E-state index in [9.17, 15) is 19.7 Å². The number of non-ortho nitro benzene ring substituents is 1. The summed E-state index contributed by atoms with van der Waals surface area (Å²) in [6.45, 7) is 0.484. The fourth-order valence-corrected chi connectivity index (χ4v) is 3.57. The van der Waals surface area contributed by atoms with Crippen LogP contribution in [0, 0.1) is 10.1 Å². The van der Waals surface area contributed by atoms with E-state index in [2.05, 4.69) is 10.6 Å². The number of hydrogen-bond donors (Lipinski definition) is 2. The van der Waals surface area contributed by atoms with Crippen LogP contribution >= 0.6 is 23.1 Å². The van der Waals surface area contributed by atoms with Crippen molar-refractivity contribution in [3.63, 3.8) is 0 Å². The zero-order valence-corrected chi connectivity index (χ0v) is 16.5. The lowest BCUT2D eigenvalue weighted by Crippen LogP contribution is -2.47. The first-order chi connectivity index (χ1) is 13.0. The monoisotopic (exact) mass is 407 g/mol. The summed E-state index contributed by atoms with van der Waals surface area (Å²) in [5.74, 6) is -0.0477. The first kappa shape index (κ1) is 20.9. The number of thioether (sulfide) groups is 1. The molecule has 0 bridgehead atoms. The van der Waals surface area contributed by atoms with Crippen LogP contribution in [0.5, 0.6) is 0 Å². The highest BCUT2D eigenvalue weighted by atomic mass is 32.2. The summed E-state index contributed by atoms with van der Waals surface area (Å²) in [6.07, 6.45) is 3.13. The van der Waals surface area contributed by atoms with Gasteiger partial charge in [-0.05, 0) is 53.3 Å². The summed E-state index contributed by atoms with van der Waals surface area (Å²) in [7, 11) is 0. The molecule has 0 aliphatic heterocycles. The van der Waals surface area contributed by atoms with Crippen molar-refractivity contribution < 1.29 is 14.5 Å². The van der Waals surface area contributed by atoms with Crippen LogP contribution in [0.4, 0.5) is 5.69 Å². The van der Waals surface area contributed by atoms with Gasteiger partial charge in [0, 0.05) is 24.2 Å². The number of carbonyl (C=O) groups excluding carboxylic acids is 2. The summed E-state index contributed by atoms with van der Waals surface area (Å²) in [5.41, 5.74) is 1.15. The first-order valence-corrected chi connectivity index (χ1v) is 10.7. The lowest BCUT2D eigenvalue weighted by atomic mass is 10.1. The smallest absolute Gasteiger partial charge is 0.270 e. The Morgan fingerprint density at radius 3 is 2.81 bits per heavy atom. The van der Waals surface area contributed by atoms with Crippen LogP contribution in [-0.2, 0) is 11.2 Å². The summed E-state index contributed by atoms with van der Waals surface area (Å²) < 4.78 is 0. The van der Waals surface area contributed by atoms with Gasteiger partial charge in [0.1, 0.15) is 6.04 Å². The van der Waals surface area contributed by atoms with Crippen LogP contribution in [0.1, 0.15) is 22.3 Å². The third-order valence-electron chi connectivity index (χ3n) is 3.84. The van der Waals surface area contributed by atoms with Crippen molar-refractivity contribution in [1.82, 2.24) is 10.6 Å². The number of nitrogens with one attached hydrogen (secondary N) is 2. The average molecular weight is 408 g/mol. The topological polar surface area (TPSA) is 101 Å². The Kier molecular flexibility index (Phi) is 8.28. The third-order valence-corrected chi connectivity index (χ3v) is 5.22. The van der Waals surface area contributed by atoms with Gasteiger partial charge in [-0.1, -0.05) is 6.07 Å². The molecule has 9 heteroatoms. The highest BCUT2D eigenvalue weighted by molar-refractivity contribution is 7.98. The molecule has 0 aliphatic carbocycles. The first-order valence-electron chi connectivity index (χ1n) is 8.34. The van der Waals surface area contributed by atoms with E-state index >= 15 is 0 Å². The van der Waals surface area contributed by atoms with Gasteiger partial charge in [-0.2, -0.15) is 23.1 Å². The van der Waals surface area contributed by atoms with Gasteiger partial charge in [-0.3, -0.25) is 19.7 Å². The summed E-state index contributed by atoms with van der Waals surface area (Å²) in [5, 5.41) is 20.4. The molecule has 2 aromatic rings. The number of nitro groups is 1. The largest absolute Gasteiger partial charge is 0.354 e. The molecule has 1 unspecified atom stereocenters. The fraction of sp³-hybridized carbons (Fsp3) is 0.333. The maximum Gasteiger partial charge on any atom is 0.270 e. The molecule has 144 valence electrons. The van der Waals surface area contributed by atoms with Crippen molar-refractivity contribution in [3.8, 4) is 0 Å². The van der Waals surface area contributed by atoms with Crippen molar-refractivity contribution in [2.45, 2.75) is 18.9 Å². The highest BCUT2D eigenvalue weighted by Gasteiger charge is 2.21. The minimum Gasteiger partial charge on any atom is -0.354 e. The molecule has 27 heavy (non-hydrogen) atoms. The van der Waals surface area contributed by atoms with Crippen molar-refractivity contribution in [3.05, 3.63) is 62.3 Å². The molecular formula is C18H21N3O4S2. The minimum atomic E-state index is -0.688. The van der Waals surface area contributed by atoms with Crippen molar-refractivity contribution >= 4 is 40.6 Å². The molecule has 0 saturated heterocycles. The number of hydrogen-bond acceptors (Lipinski definition) is 6. The van der Waals surface area contributed by atoms with E-state index in [0.717, 1.165) is 12.0 Å². The van der Waals surface area contributed by atoms with Gasteiger partial charge >= 0.3 is 0 Å². The van der Waals surface area contributed by atoms with E-state index in [1.807, 2.05) is 23.1 Å². The fourth-order valence-electron chi connectivity index (χ4n) is 2.39. The number of benzene rings is 1. The number of nitro benzene ring substituents is 1. The molecule has 1 atom stereocenters. The van der Waals surface area contributed by atoms with Crippen LogP contribution in [0.15, 0.2) is 41.1 Å². The van der Waals surface area contributed by atoms with Crippen LogP contribution in [0.25, 0.3) is 0 Å². The molecule has 7 nitrogen and oxygen atoms in total. The number of nitrogens with zero attached hydrogens (tertiary/aromatic N) is 1. The Morgan fingerprint density at radius 1 is 1.33 bits per heavy atom. The molecule has 0 aliphatic rings. The van der Waals surface area contributed by atoms with Gasteiger partial charge in [-0.25, -0.2) is 0 Å². The molecule has 2 N–H and O–H groups in total. The Morgan fingerprint density at radius 2 is 2.15 bits per heavy atom. The van der Waals surface area contributed by atoms with E-state index < -0.39 is 16.9 Å². The molecule has 1 heterocycles. The molecule has 0 saturated carbocycles. The maximum absolute atomic E-state index is 12.5. The van der Waals surface area contributed by atoms with Gasteiger partial charge in [0.15, 0.2) is 0 Å². The molecular weight excluding hydrogens is 386 g/mol. The predicted octanol–water partition coefficient (Wildman–Crippen LogP) is 2.87. The van der Waals surface area contributed by atoms with Gasteiger partial charge in [0.25, 0.3) is 11.6 Å². The second kappa shape index (κ2) is 10.7. The van der Waals surface area contributed by atoms with E-state index in [4.69, 9.17) is 0 Å². The van der Waals surface area contributed by atoms with Crippen LogP contribution in [-0.4, -0.2) is 41.3 Å². The standard InChI is InChI=1S/C18H21N3O4S2/c1-26-9-7-16(18(23)19-8-5-13-6-10-27-12-13)20-17(22)14-3-2-4-15(11-14)21(24)25/h2-4,6,10-12,16H,5,7-9H2,1H3,(H,19,23)(H,20,22). The predicted molar refractivity (Wildman–Crippen MR) is 108 cm³/mol. The lowest BCUT2D eigenvalue weighted by Gasteiger charge is -2.18. The van der Waals surface area contributed by atoms with Crippen molar-refractivity contribution in [1.29, 1.82) is 0 Å². The Hall–Kier alpha value is -2.39. The zero-order chi connectivity index (χ0) is 19.6. The molecule has 2 amide bonds. The van der Waals surface area contributed by atoms with E-state index in [0.29, 0.717) is 18.7 Å². The SMILES string of the molecule is CSCCC(NC(=O)c1cccc([N+](=O)[O-])c1)C(=O)NCCc1ccsc1. The molecule has 0 radical (unpaired) electrons. The van der Waals surface area contributed by atoms with Gasteiger partial charge in [0.05, 0.1) is 4.92 Å². The Labute approximate surface area is 165 Å². The minimum absolute atomic E-state index is 0.157. The number of carbonyl (C=O) groups is 2. The molecule has 1 aromatic heterocycles. The Balaban J connectivity index is 1.97. The molecule has 1 aromatic carbocycles. The quantitative estimate of drug-likeness (QED) is 0.466. The van der Waals surface area contributed by atoms with Crippen molar-refractivity contribution in [2.24, 2.45) is 0 Å². The van der Waals surface area contributed by atoms with Crippen LogP contribution in [0.3, 0.4) is 0 Å².